The van der Waals surface area contributed by atoms with Crippen molar-refractivity contribution in [2.24, 2.45) is 19.5 Å². The molecule has 6 nitrogen and oxygen atoms in total. The summed E-state index contributed by atoms with van der Waals surface area (Å²) >= 11 is 0. The molecule has 2 heterocycles. The zero-order valence-corrected chi connectivity index (χ0v) is 17.5. The average molecular weight is 432 g/mol. The minimum Gasteiger partial charge on any atom is -0.294 e. The second-order valence-electron chi connectivity index (χ2n) is 8.80. The van der Waals surface area contributed by atoms with E-state index in [9.17, 15) is 27.6 Å². The van der Waals surface area contributed by atoms with Crippen LogP contribution in [0.1, 0.15) is 41.9 Å². The van der Waals surface area contributed by atoms with Gasteiger partial charge in [-0.3, -0.25) is 9.59 Å². The van der Waals surface area contributed by atoms with Gasteiger partial charge in [0.15, 0.2) is 5.78 Å². The number of nitrogens with one attached hydrogen (secondary N) is 1. The lowest BCUT2D eigenvalue weighted by molar-refractivity contribution is -0.365. The first-order valence-corrected chi connectivity index (χ1v) is 9.70. The van der Waals surface area contributed by atoms with E-state index in [2.05, 4.69) is 4.98 Å². The number of carbonyl (C=O) groups is 1. The largest absolute Gasteiger partial charge is 0.417 e. The van der Waals surface area contributed by atoms with Gasteiger partial charge in [-0.05, 0) is 23.1 Å². The van der Waals surface area contributed by atoms with Crippen molar-refractivity contribution in [1.29, 1.82) is 0 Å². The van der Waals surface area contributed by atoms with Crippen molar-refractivity contribution >= 4 is 16.8 Å². The molecule has 0 fully saturated rings. The lowest BCUT2D eigenvalue weighted by Crippen LogP contribution is -2.42. The van der Waals surface area contributed by atoms with E-state index in [4.69, 9.17) is 0 Å². The van der Waals surface area contributed by atoms with Crippen LogP contribution in [0.25, 0.3) is 22.2 Å². The number of aromatic nitrogens is 3. The molecule has 0 unspecified atom stereocenters. The van der Waals surface area contributed by atoms with Crippen LogP contribution in [0.15, 0.2) is 33.9 Å². The smallest absolute Gasteiger partial charge is 0.294 e. The molecule has 3 aromatic rings. The maximum Gasteiger partial charge on any atom is 0.417 e. The maximum atomic E-state index is 13.4. The van der Waals surface area contributed by atoms with E-state index in [1.807, 2.05) is 13.8 Å². The summed E-state index contributed by atoms with van der Waals surface area (Å²) in [7, 11) is 2.77. The minimum atomic E-state index is -4.59. The van der Waals surface area contributed by atoms with E-state index < -0.39 is 23.0 Å². The van der Waals surface area contributed by atoms with Gasteiger partial charge in [-0.25, -0.2) is 14.3 Å². The number of benzene rings is 1. The van der Waals surface area contributed by atoms with Crippen molar-refractivity contribution in [2.75, 3.05) is 0 Å². The molecule has 1 aromatic carbocycles. The summed E-state index contributed by atoms with van der Waals surface area (Å²) < 4.78 is 42.3. The number of nitrogens with zero attached hydrogens (tertiary/aromatic N) is 2. The van der Waals surface area contributed by atoms with Gasteiger partial charge in [0.25, 0.3) is 11.2 Å². The van der Waals surface area contributed by atoms with Gasteiger partial charge < -0.3 is 0 Å². The highest BCUT2D eigenvalue weighted by Gasteiger charge is 2.38. The maximum absolute atomic E-state index is 13.4. The summed E-state index contributed by atoms with van der Waals surface area (Å²) in [4.78, 5) is 41.8. The molecule has 2 aromatic heterocycles. The van der Waals surface area contributed by atoms with E-state index in [1.165, 1.54) is 30.8 Å². The number of Topliss-reactive ketones (excluding diaryl/α,β-unsaturated/α-hetero) is 1. The molecule has 4 rings (SSSR count). The number of fused-ring (bicyclic) bond motifs is 2. The highest BCUT2D eigenvalue weighted by Crippen LogP contribution is 2.40. The third kappa shape index (κ3) is 3.28. The van der Waals surface area contributed by atoms with E-state index in [1.54, 1.807) is 0 Å². The van der Waals surface area contributed by atoms with Crippen molar-refractivity contribution < 1.29 is 22.9 Å². The summed E-state index contributed by atoms with van der Waals surface area (Å²) in [6.45, 7) is 3.83. The quantitative estimate of drug-likeness (QED) is 0.594. The Morgan fingerprint density at radius 2 is 1.68 bits per heavy atom. The monoisotopic (exact) mass is 432 g/mol. The first-order valence-electron chi connectivity index (χ1n) is 9.70. The number of hydrogen-bond donors (Lipinski definition) is 0. The number of aryl methyl sites for hydroxylation is 1. The van der Waals surface area contributed by atoms with Crippen LogP contribution in [0.4, 0.5) is 13.2 Å². The average Bonchev–Trinajstić information content (AvgIpc) is 2.67. The van der Waals surface area contributed by atoms with Gasteiger partial charge in [-0.15, -0.1) is 0 Å². The highest BCUT2D eigenvalue weighted by atomic mass is 19.4. The molecule has 162 valence electrons. The fourth-order valence-electron chi connectivity index (χ4n) is 4.34. The number of pyridine rings is 1. The molecular formula is C22H21F3N3O3+. The summed E-state index contributed by atoms with van der Waals surface area (Å²) in [6.07, 6.45) is -3.95. The molecule has 9 heteroatoms. The Balaban J connectivity index is 2.23. The van der Waals surface area contributed by atoms with Gasteiger partial charge in [0, 0.05) is 25.5 Å². The molecule has 1 aliphatic rings. The van der Waals surface area contributed by atoms with Crippen LogP contribution in [0.2, 0.25) is 0 Å². The predicted molar refractivity (Wildman–Crippen MR) is 108 cm³/mol. The number of halogens is 3. The molecule has 0 aliphatic heterocycles. The van der Waals surface area contributed by atoms with Crippen LogP contribution >= 0.6 is 0 Å². The zero-order valence-electron chi connectivity index (χ0n) is 17.5. The summed E-state index contributed by atoms with van der Waals surface area (Å²) in [5, 5.41) is 0.00994. The molecule has 1 aliphatic carbocycles. The van der Waals surface area contributed by atoms with Crippen molar-refractivity contribution in [1.82, 2.24) is 9.13 Å². The van der Waals surface area contributed by atoms with Gasteiger partial charge in [0.1, 0.15) is 11.1 Å². The van der Waals surface area contributed by atoms with Crippen LogP contribution in [0.3, 0.4) is 0 Å². The lowest BCUT2D eigenvalue weighted by atomic mass is 9.73. The molecule has 0 saturated heterocycles. The number of ketones is 1. The number of hydrogen-bond acceptors (Lipinski definition) is 3. The number of aromatic amines is 1. The second-order valence-corrected chi connectivity index (χ2v) is 8.80. The Kier molecular flexibility index (Phi) is 4.50. The van der Waals surface area contributed by atoms with Gasteiger partial charge in [0.2, 0.25) is 0 Å². The van der Waals surface area contributed by atoms with Crippen LogP contribution in [0, 0.1) is 5.41 Å². The van der Waals surface area contributed by atoms with Gasteiger partial charge >= 0.3 is 11.9 Å². The van der Waals surface area contributed by atoms with E-state index in [-0.39, 0.29) is 45.3 Å². The summed E-state index contributed by atoms with van der Waals surface area (Å²) in [6, 6.07) is 4.57. The van der Waals surface area contributed by atoms with Crippen LogP contribution < -0.4 is 16.2 Å². The molecule has 0 radical (unpaired) electrons. The van der Waals surface area contributed by atoms with Crippen LogP contribution in [0.5, 0.6) is 0 Å². The molecule has 31 heavy (non-hydrogen) atoms. The van der Waals surface area contributed by atoms with Crippen molar-refractivity contribution in [3.05, 3.63) is 61.9 Å². The summed E-state index contributed by atoms with van der Waals surface area (Å²) in [5.41, 5.74) is -1.40. The molecule has 0 amide bonds. The molecule has 0 bridgehead atoms. The van der Waals surface area contributed by atoms with Crippen LogP contribution in [-0.4, -0.2) is 14.9 Å². The van der Waals surface area contributed by atoms with E-state index in [0.717, 1.165) is 16.7 Å². The number of rotatable bonds is 1. The first-order chi connectivity index (χ1) is 14.3. The van der Waals surface area contributed by atoms with Gasteiger partial charge in [-0.2, -0.15) is 17.7 Å². The van der Waals surface area contributed by atoms with Gasteiger partial charge in [-0.1, -0.05) is 26.0 Å². The zero-order chi connectivity index (χ0) is 22.9. The Labute approximate surface area is 175 Å². The van der Waals surface area contributed by atoms with Crippen molar-refractivity contribution in [2.45, 2.75) is 32.9 Å². The molecule has 0 saturated carbocycles. The molecule has 0 spiro atoms. The van der Waals surface area contributed by atoms with Gasteiger partial charge in [0.05, 0.1) is 18.2 Å². The Hall–Kier alpha value is -3.23. The lowest BCUT2D eigenvalue weighted by Gasteiger charge is -2.29. The number of H-pyrrole nitrogens is 1. The Morgan fingerprint density at radius 3 is 2.32 bits per heavy atom. The molecular weight excluding hydrogens is 411 g/mol. The normalized spacial score (nSPS) is 15.9. The number of carbonyl (C=O) groups excluding carboxylic acids is 1. The fraction of sp³-hybridized carbons (Fsp3) is 0.364. The highest BCUT2D eigenvalue weighted by molar-refractivity contribution is 6.09. The van der Waals surface area contributed by atoms with Crippen molar-refractivity contribution in [3.8, 4) is 11.1 Å². The second kappa shape index (κ2) is 6.63. The fourth-order valence-corrected chi connectivity index (χ4v) is 4.34. The third-order valence-corrected chi connectivity index (χ3v) is 5.79. The predicted octanol–water partition coefficient (Wildman–Crippen LogP) is 2.89. The Morgan fingerprint density at radius 1 is 1.00 bits per heavy atom. The first kappa shape index (κ1) is 21.0. The molecule has 0 atom stereocenters. The summed E-state index contributed by atoms with van der Waals surface area (Å²) in [5.74, 6) is -0.257. The molecule has 1 N–H and O–H groups in total. The SMILES string of the molecule is Cn1c(=O)c2c(-c3cccc(C(F)(F)F)c3)c3c([nH+]c2n(C)c1=O)CC(C)(C)CC3=O. The van der Waals surface area contributed by atoms with E-state index in [0.29, 0.717) is 12.1 Å². The minimum absolute atomic E-state index is 0.00994. The number of alkyl halides is 3. The Bertz CT molecular complexity index is 1380. The van der Waals surface area contributed by atoms with Crippen LogP contribution in [-0.2, 0) is 26.7 Å². The topological polar surface area (TPSA) is 75.2 Å². The van der Waals surface area contributed by atoms with E-state index >= 15 is 0 Å². The van der Waals surface area contributed by atoms with Crippen molar-refractivity contribution in [3.63, 3.8) is 0 Å². The standard InChI is InChI=1S/C22H20F3N3O3/c1-21(2)9-13-16(14(29)10-21)15(11-6-5-7-12(8-11)22(23,24)25)17-18(26-13)27(3)20(31)28(4)19(17)30/h5-8H,9-10H2,1-4H3/p+1. The third-order valence-electron chi connectivity index (χ3n) is 5.79.